The van der Waals surface area contributed by atoms with Gasteiger partial charge in [-0.05, 0) is 72.4 Å². The van der Waals surface area contributed by atoms with Gasteiger partial charge in [-0.15, -0.1) is 0 Å². The van der Waals surface area contributed by atoms with Crippen molar-refractivity contribution >= 4 is 11.6 Å². The van der Waals surface area contributed by atoms with E-state index >= 15 is 0 Å². The third-order valence-electron chi connectivity index (χ3n) is 5.79. The van der Waals surface area contributed by atoms with Gasteiger partial charge in [0, 0.05) is 28.8 Å². The van der Waals surface area contributed by atoms with Gasteiger partial charge in [0.2, 0.25) is 0 Å². The molecule has 194 valence electrons. The largest absolute Gasteiger partial charge is 0.504 e. The number of carbonyl (C=O) groups is 1. The van der Waals surface area contributed by atoms with E-state index in [9.17, 15) is 15.0 Å². The average molecular weight is 494 g/mol. The molecule has 0 atom stereocenters. The van der Waals surface area contributed by atoms with E-state index in [1.54, 1.807) is 32.4 Å². The molecular weight excluding hydrogens is 454 g/mol. The zero-order valence-electron chi connectivity index (χ0n) is 22.5. The molecule has 0 saturated carbocycles. The van der Waals surface area contributed by atoms with Gasteiger partial charge in [0.25, 0.3) is 5.91 Å². The Morgan fingerprint density at radius 3 is 2.19 bits per heavy atom. The number of hydrogen-bond acceptors (Lipinski definition) is 5. The summed E-state index contributed by atoms with van der Waals surface area (Å²) >= 11 is 0. The third-order valence-corrected chi connectivity index (χ3v) is 5.79. The van der Waals surface area contributed by atoms with E-state index < -0.39 is 5.91 Å². The van der Waals surface area contributed by atoms with Crippen molar-refractivity contribution < 1.29 is 24.5 Å². The summed E-state index contributed by atoms with van der Waals surface area (Å²) in [6.07, 6.45) is 9.18. The Kier molecular flexibility index (Phi) is 10.7. The van der Waals surface area contributed by atoms with E-state index in [-0.39, 0.29) is 17.1 Å². The summed E-state index contributed by atoms with van der Waals surface area (Å²) in [6.45, 7) is 10.2. The summed E-state index contributed by atoms with van der Waals surface area (Å²) in [6, 6.07) is 6.41. The first-order valence-electron chi connectivity index (χ1n) is 12.1. The standard InChI is InChI=1S/C30H39NO5/c1-19(2)9-8-10-21(5)12-14-25-26(17-24(35-6)18-28(25)36-7)31-30(34)23-15-22(13-11-20(3)4)29(33)27(32)16-23/h9,11-12,15-18,32-33H,8,10,13-14H2,1-7H3,(H,31,34)/b21-12+. The number of nitrogens with one attached hydrogen (secondary N) is 1. The van der Waals surface area contributed by atoms with Crippen LogP contribution in [0.3, 0.4) is 0 Å². The molecule has 0 radical (unpaired) electrons. The molecular formula is C30H39NO5. The molecule has 2 aromatic rings. The number of amides is 1. The number of anilines is 1. The van der Waals surface area contributed by atoms with Gasteiger partial charge in [0.15, 0.2) is 11.5 Å². The summed E-state index contributed by atoms with van der Waals surface area (Å²) < 4.78 is 11.0. The van der Waals surface area contributed by atoms with Crippen molar-refractivity contribution in [3.8, 4) is 23.0 Å². The zero-order chi connectivity index (χ0) is 26.8. The van der Waals surface area contributed by atoms with Gasteiger partial charge in [0.1, 0.15) is 11.5 Å². The van der Waals surface area contributed by atoms with E-state index in [0.717, 1.165) is 24.0 Å². The summed E-state index contributed by atoms with van der Waals surface area (Å²) in [5, 5.41) is 23.4. The first-order valence-corrected chi connectivity index (χ1v) is 12.1. The highest BCUT2D eigenvalue weighted by Crippen LogP contribution is 2.35. The molecule has 2 rings (SSSR count). The maximum Gasteiger partial charge on any atom is 0.255 e. The number of phenols is 2. The van der Waals surface area contributed by atoms with Crippen LogP contribution in [0.5, 0.6) is 23.0 Å². The Morgan fingerprint density at radius 2 is 1.58 bits per heavy atom. The van der Waals surface area contributed by atoms with E-state index in [1.165, 1.54) is 17.2 Å². The molecule has 0 saturated heterocycles. The van der Waals surface area contributed by atoms with Crippen molar-refractivity contribution in [3.63, 3.8) is 0 Å². The van der Waals surface area contributed by atoms with Crippen LogP contribution < -0.4 is 14.8 Å². The molecule has 2 aromatic carbocycles. The molecule has 0 aliphatic heterocycles. The normalized spacial score (nSPS) is 11.0. The fourth-order valence-electron chi connectivity index (χ4n) is 3.68. The molecule has 0 fully saturated rings. The van der Waals surface area contributed by atoms with Crippen molar-refractivity contribution in [1.82, 2.24) is 0 Å². The van der Waals surface area contributed by atoms with Gasteiger partial charge >= 0.3 is 0 Å². The molecule has 0 spiro atoms. The topological polar surface area (TPSA) is 88.0 Å². The quantitative estimate of drug-likeness (QED) is 0.229. The Labute approximate surface area is 215 Å². The smallest absolute Gasteiger partial charge is 0.255 e. The highest BCUT2D eigenvalue weighted by Gasteiger charge is 2.18. The fourth-order valence-corrected chi connectivity index (χ4v) is 3.68. The van der Waals surface area contributed by atoms with Crippen LogP contribution >= 0.6 is 0 Å². The second-order valence-corrected chi connectivity index (χ2v) is 9.37. The minimum Gasteiger partial charge on any atom is -0.504 e. The van der Waals surface area contributed by atoms with Crippen molar-refractivity contribution in [3.05, 3.63) is 75.9 Å². The van der Waals surface area contributed by atoms with E-state index in [1.807, 2.05) is 19.9 Å². The minimum absolute atomic E-state index is 0.221. The first-order chi connectivity index (χ1) is 17.0. The number of allylic oxidation sites excluding steroid dienone is 6. The van der Waals surface area contributed by atoms with Crippen LogP contribution in [0.4, 0.5) is 5.69 Å². The second kappa shape index (κ2) is 13.4. The average Bonchev–Trinajstić information content (AvgIpc) is 2.82. The summed E-state index contributed by atoms with van der Waals surface area (Å²) in [5.74, 6) is 0.188. The maximum atomic E-state index is 13.2. The highest BCUT2D eigenvalue weighted by atomic mass is 16.5. The van der Waals surface area contributed by atoms with Gasteiger partial charge < -0.3 is 25.0 Å². The lowest BCUT2D eigenvalue weighted by atomic mass is 10.0. The molecule has 1 amide bonds. The summed E-state index contributed by atoms with van der Waals surface area (Å²) in [7, 11) is 3.14. The number of phenolic OH excluding ortho intramolecular Hbond substituents is 2. The molecule has 0 heterocycles. The van der Waals surface area contributed by atoms with Crippen molar-refractivity contribution in [1.29, 1.82) is 0 Å². The van der Waals surface area contributed by atoms with Gasteiger partial charge in [-0.3, -0.25) is 4.79 Å². The van der Waals surface area contributed by atoms with Gasteiger partial charge in [-0.25, -0.2) is 0 Å². The van der Waals surface area contributed by atoms with E-state index in [2.05, 4.69) is 38.2 Å². The monoisotopic (exact) mass is 493 g/mol. The van der Waals surface area contributed by atoms with Crippen LogP contribution in [0.25, 0.3) is 0 Å². The van der Waals surface area contributed by atoms with Gasteiger partial charge in [-0.2, -0.15) is 0 Å². The van der Waals surface area contributed by atoms with Crippen LogP contribution in [-0.4, -0.2) is 30.3 Å². The first kappa shape index (κ1) is 28.6. The number of benzene rings is 2. The van der Waals surface area contributed by atoms with Crippen molar-refractivity contribution in [2.75, 3.05) is 19.5 Å². The summed E-state index contributed by atoms with van der Waals surface area (Å²) in [4.78, 5) is 13.2. The Bertz CT molecular complexity index is 1170. The number of rotatable bonds is 11. The second-order valence-electron chi connectivity index (χ2n) is 9.37. The van der Waals surface area contributed by atoms with Crippen molar-refractivity contribution in [2.24, 2.45) is 0 Å². The lowest BCUT2D eigenvalue weighted by molar-refractivity contribution is 0.102. The number of hydrogen-bond donors (Lipinski definition) is 3. The van der Waals surface area contributed by atoms with Crippen LogP contribution in [0, 0.1) is 0 Å². The van der Waals surface area contributed by atoms with Crippen LogP contribution in [0.1, 0.15) is 68.9 Å². The predicted molar refractivity (Wildman–Crippen MR) is 147 cm³/mol. The lowest BCUT2D eigenvalue weighted by Crippen LogP contribution is -2.14. The number of methoxy groups -OCH3 is 2. The molecule has 0 aromatic heterocycles. The fraction of sp³-hybridized carbons (Fsp3) is 0.367. The molecule has 0 unspecified atom stereocenters. The Balaban J connectivity index is 2.40. The number of carbonyl (C=O) groups excluding carboxylic acids is 1. The minimum atomic E-state index is -0.412. The zero-order valence-corrected chi connectivity index (χ0v) is 22.5. The highest BCUT2D eigenvalue weighted by molar-refractivity contribution is 6.05. The third kappa shape index (κ3) is 8.22. The number of aromatic hydroxyl groups is 2. The predicted octanol–water partition coefficient (Wildman–Crippen LogP) is 7.11. The SMILES string of the molecule is COc1cc(NC(=O)c2cc(O)c(O)c(CC=C(C)C)c2)c(C/C=C(\C)CCC=C(C)C)c(OC)c1. The molecule has 6 heteroatoms. The molecule has 0 aliphatic carbocycles. The van der Waals surface area contributed by atoms with E-state index in [0.29, 0.717) is 35.6 Å². The van der Waals surface area contributed by atoms with E-state index in [4.69, 9.17) is 9.47 Å². The van der Waals surface area contributed by atoms with Crippen LogP contribution in [0.2, 0.25) is 0 Å². The van der Waals surface area contributed by atoms with Crippen LogP contribution in [-0.2, 0) is 12.8 Å². The maximum absolute atomic E-state index is 13.2. The lowest BCUT2D eigenvalue weighted by Gasteiger charge is -2.17. The summed E-state index contributed by atoms with van der Waals surface area (Å²) in [5.41, 5.74) is 5.71. The van der Waals surface area contributed by atoms with Crippen LogP contribution in [0.15, 0.2) is 59.2 Å². The Hall–Kier alpha value is -3.67. The Morgan fingerprint density at radius 1 is 0.889 bits per heavy atom. The molecule has 3 N–H and O–H groups in total. The molecule has 0 aliphatic rings. The number of ether oxygens (including phenoxy) is 2. The van der Waals surface area contributed by atoms with Gasteiger partial charge in [-0.1, -0.05) is 34.9 Å². The van der Waals surface area contributed by atoms with Gasteiger partial charge in [0.05, 0.1) is 19.9 Å². The molecule has 36 heavy (non-hydrogen) atoms. The molecule has 0 bridgehead atoms. The molecule has 6 nitrogen and oxygen atoms in total. The van der Waals surface area contributed by atoms with Crippen molar-refractivity contribution in [2.45, 2.75) is 60.3 Å².